The van der Waals surface area contributed by atoms with Gasteiger partial charge >= 0.3 is 0 Å². The molecule has 12 heavy (non-hydrogen) atoms. The monoisotopic (exact) mass is 185 g/mol. The summed E-state index contributed by atoms with van der Waals surface area (Å²) in [5.41, 5.74) is 2.75. The Kier molecular flexibility index (Phi) is 14.9. The minimum atomic E-state index is -0.241. The fourth-order valence-corrected chi connectivity index (χ4v) is 0. The van der Waals surface area contributed by atoms with E-state index in [4.69, 9.17) is 4.27 Å². The zero-order chi connectivity index (χ0) is 12.1. The first-order chi connectivity index (χ1) is 6.33. The van der Waals surface area contributed by atoms with Crippen molar-refractivity contribution in [1.82, 2.24) is 10.6 Å². The van der Waals surface area contributed by atoms with Gasteiger partial charge in [0.05, 0.1) is 0 Å². The highest BCUT2D eigenvalue weighted by molar-refractivity contribution is 5.72. The molecule has 0 unspecified atom stereocenters. The SMILES string of the molecule is CNC(C)=O.O.[2H]N(C)C(C)=O.[2H]O[2H]. The third kappa shape index (κ3) is 66.9. The summed E-state index contributed by atoms with van der Waals surface area (Å²) in [6, 6.07) is 0. The van der Waals surface area contributed by atoms with Gasteiger partial charge in [-0.05, 0) is 0 Å². The zero-order valence-corrected chi connectivity index (χ0v) is 7.67. The standard InChI is InChI=1S/2C3H7NO.2H2O/c2*1-3(5)4-2;;/h2*1-2H3,(H,4,5);2*1H2/i/hD3. The Bertz CT molecular complexity index is 157. The number of carbonyl (C=O) groups is 2. The molecule has 0 aliphatic carbocycles. The van der Waals surface area contributed by atoms with Gasteiger partial charge in [-0.3, -0.25) is 9.59 Å². The predicted molar refractivity (Wildman–Crippen MR) is 46.7 cm³/mol. The first-order valence-corrected chi connectivity index (χ1v) is 2.83. The van der Waals surface area contributed by atoms with Gasteiger partial charge < -0.3 is 21.6 Å². The molecule has 0 saturated carbocycles. The van der Waals surface area contributed by atoms with Crippen molar-refractivity contribution in [2.24, 2.45) is 0 Å². The third-order valence-electron chi connectivity index (χ3n) is 0.667. The molecular weight excluding hydrogens is 164 g/mol. The third-order valence-corrected chi connectivity index (χ3v) is 0.667. The molecule has 0 aliphatic heterocycles. The van der Waals surface area contributed by atoms with E-state index >= 15 is 0 Å². The minimum Gasteiger partial charge on any atom is -0.412 e. The van der Waals surface area contributed by atoms with E-state index in [1.165, 1.54) is 20.9 Å². The summed E-state index contributed by atoms with van der Waals surface area (Å²) in [5.74, 6) is -0.236. The van der Waals surface area contributed by atoms with Crippen molar-refractivity contribution in [3.8, 4) is 0 Å². The van der Waals surface area contributed by atoms with Crippen molar-refractivity contribution in [3.05, 3.63) is 0 Å². The number of rotatable bonds is 0. The normalized spacial score (nSPS) is 8.50. The molecule has 0 spiro atoms. The number of nitrogens with one attached hydrogen (secondary N) is 2. The molecule has 0 rings (SSSR count). The second kappa shape index (κ2) is 16.4. The first-order valence-electron chi connectivity index (χ1n) is 4.09. The van der Waals surface area contributed by atoms with E-state index in [-0.39, 0.29) is 17.3 Å². The number of carbonyl (C=O) groups excluding carboxylic acids is 2. The van der Waals surface area contributed by atoms with E-state index < -0.39 is 0 Å². The fraction of sp³-hybridized carbons (Fsp3) is 0.667. The first kappa shape index (κ1) is 10.9. The van der Waals surface area contributed by atoms with Gasteiger partial charge in [-0.2, -0.15) is 0 Å². The quantitative estimate of drug-likeness (QED) is 0.447. The molecule has 6 heteroatoms. The molecule has 0 bridgehead atoms. The van der Waals surface area contributed by atoms with Gasteiger partial charge in [0.15, 0.2) is 1.41 Å². The van der Waals surface area contributed by atoms with Crippen molar-refractivity contribution in [1.29, 1.82) is 2.86 Å². The Balaban J connectivity index is -0.0000000617. The molecule has 0 fully saturated rings. The molecule has 76 valence electrons. The predicted octanol–water partition coefficient (Wildman–Crippen LogP) is -2.14. The molecular formula is C6H18N2O4. The van der Waals surface area contributed by atoms with Gasteiger partial charge in [0.25, 0.3) is 0 Å². The lowest BCUT2D eigenvalue weighted by Gasteiger charge is -1.80. The summed E-state index contributed by atoms with van der Waals surface area (Å²) >= 11 is 0. The molecule has 6 N–H and O–H groups in total. The maximum absolute atomic E-state index is 9.88. The van der Waals surface area contributed by atoms with Crippen LogP contribution in [0.3, 0.4) is 0 Å². The van der Waals surface area contributed by atoms with Crippen molar-refractivity contribution >= 4 is 11.8 Å². The van der Waals surface area contributed by atoms with Crippen molar-refractivity contribution in [3.63, 3.8) is 0 Å². The Labute approximate surface area is 76.4 Å². The van der Waals surface area contributed by atoms with Gasteiger partial charge in [-0.25, -0.2) is 0 Å². The van der Waals surface area contributed by atoms with Crippen LogP contribution < -0.4 is 10.6 Å². The van der Waals surface area contributed by atoms with Crippen LogP contribution in [0.25, 0.3) is 0 Å². The molecule has 2 amide bonds. The molecule has 0 aliphatic rings. The van der Waals surface area contributed by atoms with E-state index in [0.717, 1.165) is 5.31 Å². The summed E-state index contributed by atoms with van der Waals surface area (Å²) < 4.78 is 17.3. The van der Waals surface area contributed by atoms with Crippen LogP contribution in [-0.2, 0) is 9.59 Å². The van der Waals surface area contributed by atoms with Crippen LogP contribution >= 0.6 is 0 Å². The molecule has 0 aromatic carbocycles. The van der Waals surface area contributed by atoms with Crippen LogP contribution in [0.5, 0.6) is 0 Å². The van der Waals surface area contributed by atoms with Gasteiger partial charge in [0.2, 0.25) is 14.7 Å². The van der Waals surface area contributed by atoms with E-state index in [2.05, 4.69) is 10.8 Å². The van der Waals surface area contributed by atoms with Gasteiger partial charge in [0.1, 0.15) is 0 Å². The van der Waals surface area contributed by atoms with Crippen molar-refractivity contribution in [2.75, 3.05) is 14.1 Å². The lowest BCUT2D eigenvalue weighted by molar-refractivity contribution is -0.119. The Morgan fingerprint density at radius 2 is 1.42 bits per heavy atom. The highest BCUT2D eigenvalue weighted by atomic mass is 16.1. The van der Waals surface area contributed by atoms with Gasteiger partial charge in [-0.1, -0.05) is 0 Å². The second-order valence-electron chi connectivity index (χ2n) is 1.55. The van der Waals surface area contributed by atoms with Crippen LogP contribution in [0, 0.1) is 0 Å². The fourth-order valence-electron chi connectivity index (χ4n) is 0. The number of amides is 2. The number of hydrogen-bond acceptors (Lipinski definition) is 2. The molecule has 0 heterocycles. The average molecular weight is 185 g/mol. The Hall–Kier alpha value is -1.14. The summed E-state index contributed by atoms with van der Waals surface area (Å²) in [7, 11) is 2.99. The van der Waals surface area contributed by atoms with Gasteiger partial charge in [0, 0.05) is 27.9 Å². The lowest BCUT2D eigenvalue weighted by Crippen LogP contribution is -2.11. The van der Waals surface area contributed by atoms with Crippen LogP contribution in [0.1, 0.15) is 13.8 Å². The van der Waals surface area contributed by atoms with E-state index in [9.17, 15) is 9.59 Å². The summed E-state index contributed by atoms with van der Waals surface area (Å²) in [5, 5.41) is 3.17. The van der Waals surface area contributed by atoms with Crippen LogP contribution in [0.4, 0.5) is 0 Å². The molecule has 0 saturated heterocycles. The number of hydrogen-bond donors (Lipinski definition) is 2. The lowest BCUT2D eigenvalue weighted by atomic mass is 10.7. The van der Waals surface area contributed by atoms with Gasteiger partial charge in [-0.15, -0.1) is 0 Å². The highest BCUT2D eigenvalue weighted by Gasteiger charge is 1.73. The van der Waals surface area contributed by atoms with Crippen molar-refractivity contribution in [2.45, 2.75) is 13.8 Å². The van der Waals surface area contributed by atoms with Crippen LogP contribution in [-0.4, -0.2) is 39.7 Å². The topological polar surface area (TPSA) is 121 Å². The Morgan fingerprint density at radius 3 is 1.42 bits per heavy atom. The van der Waals surface area contributed by atoms with E-state index in [1.807, 2.05) is 0 Å². The largest absolute Gasteiger partial charge is 0.412 e. The van der Waals surface area contributed by atoms with E-state index in [1.54, 1.807) is 7.05 Å². The summed E-state index contributed by atoms with van der Waals surface area (Å²) in [6.07, 6.45) is 0. The van der Waals surface area contributed by atoms with Crippen molar-refractivity contribution < 1.29 is 22.0 Å². The Morgan fingerprint density at radius 1 is 1.25 bits per heavy atom. The molecule has 6 nitrogen and oxygen atoms in total. The average Bonchev–Trinajstić information content (AvgIpc) is 2.06. The summed E-state index contributed by atoms with van der Waals surface area (Å²) in [6.45, 7) is 2.81. The maximum Gasteiger partial charge on any atom is 0.216 e. The molecule has 0 aromatic heterocycles. The van der Waals surface area contributed by atoms with E-state index in [0.29, 0.717) is 0 Å². The molecule has 0 aromatic rings. The zero-order valence-electron chi connectivity index (χ0n) is 10.7. The smallest absolute Gasteiger partial charge is 0.216 e. The highest BCUT2D eigenvalue weighted by Crippen LogP contribution is 1.45. The summed E-state index contributed by atoms with van der Waals surface area (Å²) in [4.78, 5) is 19.6. The molecule has 0 radical (unpaired) electrons. The van der Waals surface area contributed by atoms with Crippen LogP contribution in [0.2, 0.25) is 1.41 Å². The molecule has 0 atom stereocenters. The second-order valence-corrected chi connectivity index (χ2v) is 1.55. The minimum absolute atomic E-state index is 0. The van der Waals surface area contributed by atoms with Crippen LogP contribution in [0.15, 0.2) is 0 Å². The maximum atomic E-state index is 9.88.